The number of carboxylic acids is 1. The van der Waals surface area contributed by atoms with E-state index in [-0.39, 0.29) is 25.7 Å². The molecule has 17 nitrogen and oxygen atoms in total. The number of amides is 5. The number of carboxylic acid groups (broad SMARTS) is 1. The van der Waals surface area contributed by atoms with E-state index >= 15 is 0 Å². The first kappa shape index (κ1) is 29.4. The molecule has 0 bridgehead atoms. The van der Waals surface area contributed by atoms with Gasteiger partial charge >= 0.3 is 5.97 Å². The predicted molar refractivity (Wildman–Crippen MR) is 128 cm³/mol. The molecule has 12 N–H and O–H groups in total. The van der Waals surface area contributed by atoms with Gasteiger partial charge in [0.1, 0.15) is 18.1 Å². The van der Waals surface area contributed by atoms with Crippen LogP contribution in [0.1, 0.15) is 30.7 Å². The number of imidazole rings is 2. The van der Waals surface area contributed by atoms with Gasteiger partial charge in [-0.25, -0.2) is 14.8 Å². The normalized spacial score (nSPS) is 13.9. The molecule has 2 heterocycles. The molecule has 0 aromatic carbocycles. The molecule has 0 radical (unpaired) electrons. The number of aromatic nitrogens is 4. The van der Waals surface area contributed by atoms with Crippen LogP contribution in [0.3, 0.4) is 0 Å². The lowest BCUT2D eigenvalue weighted by Crippen LogP contribution is -2.58. The average Bonchev–Trinajstić information content (AvgIpc) is 3.54. The zero-order valence-electron chi connectivity index (χ0n) is 20.2. The van der Waals surface area contributed by atoms with Gasteiger partial charge in [-0.1, -0.05) is 0 Å². The lowest BCUT2D eigenvalue weighted by atomic mass is 10.1. The molecule has 0 saturated heterocycles. The molecule has 38 heavy (non-hydrogen) atoms. The summed E-state index contributed by atoms with van der Waals surface area (Å²) >= 11 is 0. The number of H-pyrrole nitrogens is 2. The summed E-state index contributed by atoms with van der Waals surface area (Å²) in [5, 5.41) is 16.4. The molecule has 2 aromatic rings. The van der Waals surface area contributed by atoms with Crippen molar-refractivity contribution in [1.82, 2.24) is 35.9 Å². The molecule has 0 saturated carbocycles. The molecule has 0 fully saturated rings. The Morgan fingerprint density at radius 3 is 1.82 bits per heavy atom. The van der Waals surface area contributed by atoms with E-state index in [1.165, 1.54) is 25.0 Å². The minimum absolute atomic E-state index is 0.0651. The maximum atomic E-state index is 13.0. The van der Waals surface area contributed by atoms with Gasteiger partial charge in [0.2, 0.25) is 29.5 Å². The zero-order valence-corrected chi connectivity index (χ0v) is 20.2. The van der Waals surface area contributed by atoms with Crippen molar-refractivity contribution in [2.45, 2.75) is 56.3 Å². The molecule has 4 atom stereocenters. The molecular weight excluding hydrogens is 504 g/mol. The molecule has 0 aliphatic carbocycles. The van der Waals surface area contributed by atoms with Gasteiger partial charge < -0.3 is 48.2 Å². The molecule has 0 spiro atoms. The first-order chi connectivity index (χ1) is 18.0. The van der Waals surface area contributed by atoms with Crippen LogP contribution < -0.4 is 33.2 Å². The van der Waals surface area contributed by atoms with Crippen LogP contribution in [0, 0.1) is 0 Å². The lowest BCUT2D eigenvalue weighted by Gasteiger charge is -2.24. The van der Waals surface area contributed by atoms with Crippen molar-refractivity contribution in [2.24, 2.45) is 17.2 Å². The van der Waals surface area contributed by atoms with Crippen LogP contribution in [-0.4, -0.2) is 84.7 Å². The van der Waals surface area contributed by atoms with Crippen molar-refractivity contribution in [3.63, 3.8) is 0 Å². The predicted octanol–water partition coefficient (Wildman–Crippen LogP) is -4.07. The number of nitrogens with two attached hydrogens (primary N) is 3. The zero-order chi connectivity index (χ0) is 28.2. The van der Waals surface area contributed by atoms with Crippen molar-refractivity contribution in [3.8, 4) is 0 Å². The maximum absolute atomic E-state index is 13.0. The van der Waals surface area contributed by atoms with E-state index in [1.807, 2.05) is 0 Å². The second-order valence-electron chi connectivity index (χ2n) is 8.37. The van der Waals surface area contributed by atoms with Crippen molar-refractivity contribution in [3.05, 3.63) is 36.4 Å². The Hall–Kier alpha value is -4.80. The first-order valence-electron chi connectivity index (χ1n) is 11.4. The Bertz CT molecular complexity index is 1120. The number of hydrogen-bond acceptors (Lipinski definition) is 9. The van der Waals surface area contributed by atoms with Crippen LogP contribution in [0.25, 0.3) is 0 Å². The number of aromatic amines is 2. The topological polar surface area (TPSA) is 294 Å². The van der Waals surface area contributed by atoms with Gasteiger partial charge in [0.25, 0.3) is 0 Å². The third-order valence-corrected chi connectivity index (χ3v) is 5.28. The first-order valence-corrected chi connectivity index (χ1v) is 11.4. The van der Waals surface area contributed by atoms with E-state index in [0.717, 1.165) is 0 Å². The fourth-order valence-electron chi connectivity index (χ4n) is 3.33. The minimum atomic E-state index is -1.59. The van der Waals surface area contributed by atoms with Crippen LogP contribution in [0.15, 0.2) is 25.0 Å². The molecule has 17 heteroatoms. The summed E-state index contributed by atoms with van der Waals surface area (Å²) in [4.78, 5) is 86.1. The van der Waals surface area contributed by atoms with Crippen LogP contribution in [0.5, 0.6) is 0 Å². The van der Waals surface area contributed by atoms with Crippen molar-refractivity contribution < 1.29 is 33.9 Å². The van der Waals surface area contributed by atoms with Crippen LogP contribution in [-0.2, 0) is 41.6 Å². The molecule has 206 valence electrons. The van der Waals surface area contributed by atoms with E-state index in [2.05, 4.69) is 35.9 Å². The number of nitrogens with zero attached hydrogens (tertiary/aromatic N) is 2. The van der Waals surface area contributed by atoms with Gasteiger partial charge in [0.15, 0.2) is 0 Å². The van der Waals surface area contributed by atoms with Crippen LogP contribution in [0.2, 0.25) is 0 Å². The second kappa shape index (κ2) is 14.1. The third kappa shape index (κ3) is 9.69. The van der Waals surface area contributed by atoms with E-state index in [9.17, 15) is 33.9 Å². The summed E-state index contributed by atoms with van der Waals surface area (Å²) in [6.45, 7) is 0. The number of primary amides is 2. The Kier molecular flexibility index (Phi) is 10.9. The van der Waals surface area contributed by atoms with Gasteiger partial charge in [-0.15, -0.1) is 0 Å². The lowest BCUT2D eigenvalue weighted by molar-refractivity contribution is -0.142. The van der Waals surface area contributed by atoms with Gasteiger partial charge in [-0.05, 0) is 6.42 Å². The van der Waals surface area contributed by atoms with Gasteiger partial charge in [0.05, 0.1) is 25.1 Å². The Morgan fingerprint density at radius 1 is 0.789 bits per heavy atom. The van der Waals surface area contributed by atoms with Gasteiger partial charge in [-0.3, -0.25) is 24.0 Å². The minimum Gasteiger partial charge on any atom is -0.480 e. The fraction of sp³-hybridized carbons (Fsp3) is 0.429. The monoisotopic (exact) mass is 534 g/mol. The summed E-state index contributed by atoms with van der Waals surface area (Å²) in [5.41, 5.74) is 17.2. The highest BCUT2D eigenvalue weighted by atomic mass is 16.4. The summed E-state index contributed by atoms with van der Waals surface area (Å²) in [5.74, 6) is -5.81. The van der Waals surface area contributed by atoms with E-state index in [4.69, 9.17) is 17.2 Å². The number of carbonyl (C=O) groups is 6. The summed E-state index contributed by atoms with van der Waals surface area (Å²) < 4.78 is 0. The number of nitrogens with one attached hydrogen (secondary N) is 5. The van der Waals surface area contributed by atoms with Crippen LogP contribution >= 0.6 is 0 Å². The Balaban J connectivity index is 2.13. The Morgan fingerprint density at radius 2 is 1.32 bits per heavy atom. The summed E-state index contributed by atoms with van der Waals surface area (Å²) in [7, 11) is 0. The molecule has 4 unspecified atom stereocenters. The quantitative estimate of drug-likeness (QED) is 0.100. The molecular formula is C21H30N10O7. The largest absolute Gasteiger partial charge is 0.480 e. The van der Waals surface area contributed by atoms with Crippen molar-refractivity contribution in [1.29, 1.82) is 0 Å². The SMILES string of the molecule is NC(=O)CCC(NC(=O)C(N)Cc1cnc[nH]1)C(=O)NC(CC(N)=O)C(=O)NC(Cc1cnc[nH]1)C(=O)O. The smallest absolute Gasteiger partial charge is 0.326 e. The molecule has 0 aliphatic heterocycles. The van der Waals surface area contributed by atoms with Gasteiger partial charge in [0, 0.05) is 43.0 Å². The van der Waals surface area contributed by atoms with Gasteiger partial charge in [-0.2, -0.15) is 0 Å². The molecule has 5 amide bonds. The summed E-state index contributed by atoms with van der Waals surface area (Å²) in [6, 6.07) is -5.48. The highest BCUT2D eigenvalue weighted by molar-refractivity contribution is 5.96. The molecule has 0 aliphatic rings. The highest BCUT2D eigenvalue weighted by Crippen LogP contribution is 2.05. The van der Waals surface area contributed by atoms with E-state index in [1.54, 1.807) is 0 Å². The van der Waals surface area contributed by atoms with E-state index < -0.39 is 66.1 Å². The number of hydrogen-bond donors (Lipinski definition) is 9. The maximum Gasteiger partial charge on any atom is 0.326 e. The highest BCUT2D eigenvalue weighted by Gasteiger charge is 2.31. The number of rotatable bonds is 16. The van der Waals surface area contributed by atoms with Crippen molar-refractivity contribution >= 4 is 35.5 Å². The van der Waals surface area contributed by atoms with Crippen LogP contribution in [0.4, 0.5) is 0 Å². The molecule has 2 rings (SSSR count). The standard InChI is InChI=1S/C21H30N10O7/c22-12(3-10-6-25-8-27-10)18(34)29-13(1-2-16(23)32)19(35)30-14(5-17(24)33)20(36)31-15(21(37)38)4-11-7-26-9-28-11/h6-9,12-15H,1-5,22H2,(H2,23,32)(H2,24,33)(H,25,27)(H,26,28)(H,29,34)(H,30,35)(H,31,36)(H,37,38). The van der Waals surface area contributed by atoms with E-state index in [0.29, 0.717) is 11.4 Å². The van der Waals surface area contributed by atoms with Crippen molar-refractivity contribution in [2.75, 3.05) is 0 Å². The molecule has 2 aromatic heterocycles. The Labute approximate surface area is 215 Å². The second-order valence-corrected chi connectivity index (χ2v) is 8.37. The number of aliphatic carboxylic acids is 1. The third-order valence-electron chi connectivity index (χ3n) is 5.28. The number of carbonyl (C=O) groups excluding carboxylic acids is 5. The average molecular weight is 535 g/mol. The fourth-order valence-corrected chi connectivity index (χ4v) is 3.33. The summed E-state index contributed by atoms with van der Waals surface area (Å²) in [6.07, 6.45) is 4.24.